The Morgan fingerprint density at radius 1 is 1.36 bits per heavy atom. The van der Waals surface area contributed by atoms with Crippen molar-refractivity contribution in [2.45, 2.75) is 25.6 Å². The lowest BCUT2D eigenvalue weighted by Gasteiger charge is -2.04. The van der Waals surface area contributed by atoms with Crippen LogP contribution < -0.4 is 10.5 Å². The lowest BCUT2D eigenvalue weighted by molar-refractivity contribution is 0.284. The van der Waals surface area contributed by atoms with Gasteiger partial charge in [0, 0.05) is 0 Å². The van der Waals surface area contributed by atoms with Gasteiger partial charge in [-0.3, -0.25) is 0 Å². The van der Waals surface area contributed by atoms with Crippen LogP contribution in [0.2, 0.25) is 0 Å². The highest BCUT2D eigenvalue weighted by Gasteiger charge is 2.03. The maximum atomic E-state index is 5.57. The van der Waals surface area contributed by atoms with Gasteiger partial charge in [0.15, 0.2) is 5.82 Å². The van der Waals surface area contributed by atoms with Gasteiger partial charge < -0.3 is 10.5 Å². The number of anilines is 1. The molecule has 0 saturated heterocycles. The van der Waals surface area contributed by atoms with E-state index >= 15 is 0 Å². The summed E-state index contributed by atoms with van der Waals surface area (Å²) in [5.41, 5.74) is 5.44. The highest BCUT2D eigenvalue weighted by Crippen LogP contribution is 2.07. The van der Waals surface area contributed by atoms with Crippen molar-refractivity contribution in [1.82, 2.24) is 15.0 Å². The zero-order valence-corrected chi connectivity index (χ0v) is 8.79. The molecule has 0 aliphatic heterocycles. The summed E-state index contributed by atoms with van der Waals surface area (Å²) in [7, 11) is 0. The first-order valence-corrected chi connectivity index (χ1v) is 4.99. The molecule has 0 fully saturated rings. The molecule has 1 rings (SSSR count). The van der Waals surface area contributed by atoms with Gasteiger partial charge in [-0.1, -0.05) is 13.3 Å². The summed E-state index contributed by atoms with van der Waals surface area (Å²) in [6, 6.07) is 0.251. The van der Waals surface area contributed by atoms with Gasteiger partial charge in [-0.15, -0.1) is 11.6 Å². The Kier molecular flexibility index (Phi) is 4.39. The van der Waals surface area contributed by atoms with Crippen LogP contribution in [0.4, 0.5) is 5.95 Å². The van der Waals surface area contributed by atoms with Crippen molar-refractivity contribution >= 4 is 17.5 Å². The van der Waals surface area contributed by atoms with Crippen molar-refractivity contribution in [1.29, 1.82) is 0 Å². The Bertz CT molecular complexity index is 295. The molecule has 0 radical (unpaired) electrons. The highest BCUT2D eigenvalue weighted by molar-refractivity contribution is 6.16. The zero-order valence-electron chi connectivity index (χ0n) is 8.03. The number of nitrogens with two attached hydrogens (primary N) is 1. The average molecular weight is 217 g/mol. The molecule has 0 amide bonds. The van der Waals surface area contributed by atoms with Crippen LogP contribution in [0.5, 0.6) is 6.01 Å². The second-order valence-corrected chi connectivity index (χ2v) is 3.00. The van der Waals surface area contributed by atoms with Crippen LogP contribution in [0.25, 0.3) is 0 Å². The Labute approximate surface area is 87.7 Å². The number of aromatic nitrogens is 3. The Morgan fingerprint density at radius 2 is 2.14 bits per heavy atom. The Morgan fingerprint density at radius 3 is 2.79 bits per heavy atom. The van der Waals surface area contributed by atoms with Gasteiger partial charge in [0.2, 0.25) is 5.95 Å². The quantitative estimate of drug-likeness (QED) is 0.595. The van der Waals surface area contributed by atoms with E-state index in [0.29, 0.717) is 12.4 Å². The van der Waals surface area contributed by atoms with Crippen LogP contribution in [0.15, 0.2) is 0 Å². The largest absolute Gasteiger partial charge is 0.463 e. The van der Waals surface area contributed by atoms with E-state index in [4.69, 9.17) is 22.1 Å². The molecule has 2 N–H and O–H groups in total. The molecule has 1 heterocycles. The second-order valence-electron chi connectivity index (χ2n) is 2.73. The molecule has 0 atom stereocenters. The average Bonchev–Trinajstić information content (AvgIpc) is 2.17. The van der Waals surface area contributed by atoms with E-state index in [1.165, 1.54) is 0 Å². The summed E-state index contributed by atoms with van der Waals surface area (Å²) in [5, 5.41) is 0. The molecule has 1 aromatic heterocycles. The number of hydrogen-bond donors (Lipinski definition) is 1. The molecule has 0 aliphatic carbocycles. The predicted octanol–water partition coefficient (Wildman–Crippen LogP) is 1.37. The number of ether oxygens (including phenoxy) is 1. The van der Waals surface area contributed by atoms with Crippen molar-refractivity contribution in [3.8, 4) is 6.01 Å². The van der Waals surface area contributed by atoms with Gasteiger partial charge in [-0.25, -0.2) is 0 Å². The summed E-state index contributed by atoms with van der Waals surface area (Å²) in [6.07, 6.45) is 2.02. The molecule has 5 nitrogen and oxygen atoms in total. The van der Waals surface area contributed by atoms with Crippen LogP contribution in [0.3, 0.4) is 0 Å². The van der Waals surface area contributed by atoms with Crippen LogP contribution in [-0.4, -0.2) is 21.6 Å². The van der Waals surface area contributed by atoms with Crippen LogP contribution in [0.1, 0.15) is 25.6 Å². The lowest BCUT2D eigenvalue weighted by atomic mass is 10.4. The first-order valence-electron chi connectivity index (χ1n) is 4.45. The molecule has 0 saturated carbocycles. The fourth-order valence-corrected chi connectivity index (χ4v) is 0.967. The third-order valence-electron chi connectivity index (χ3n) is 1.53. The van der Waals surface area contributed by atoms with Crippen molar-refractivity contribution < 1.29 is 4.74 Å². The number of alkyl halides is 1. The molecule has 0 bridgehead atoms. The highest BCUT2D eigenvalue weighted by atomic mass is 35.5. The third-order valence-corrected chi connectivity index (χ3v) is 1.77. The van der Waals surface area contributed by atoms with Gasteiger partial charge in [-0.2, -0.15) is 15.0 Å². The SMILES string of the molecule is CCCCOc1nc(N)nc(CCl)n1. The second kappa shape index (κ2) is 5.59. The molecule has 14 heavy (non-hydrogen) atoms. The Hall–Kier alpha value is -1.10. The summed E-state index contributed by atoms with van der Waals surface area (Å²) in [5.74, 6) is 0.782. The first-order chi connectivity index (χ1) is 6.76. The zero-order chi connectivity index (χ0) is 10.4. The lowest BCUT2D eigenvalue weighted by Crippen LogP contribution is -2.07. The predicted molar refractivity (Wildman–Crippen MR) is 54.2 cm³/mol. The van der Waals surface area contributed by atoms with E-state index in [1.807, 2.05) is 0 Å². The molecule has 0 aliphatic rings. The molecule has 78 valence electrons. The van der Waals surface area contributed by atoms with Gasteiger partial charge in [0.05, 0.1) is 12.5 Å². The van der Waals surface area contributed by atoms with E-state index in [1.54, 1.807) is 0 Å². The molecule has 6 heteroatoms. The van der Waals surface area contributed by atoms with Crippen molar-refractivity contribution in [3.05, 3.63) is 5.82 Å². The fourth-order valence-electron chi connectivity index (χ4n) is 0.848. The number of hydrogen-bond acceptors (Lipinski definition) is 5. The standard InChI is InChI=1S/C8H13ClN4O/c1-2-3-4-14-8-12-6(5-9)11-7(10)13-8/h2-5H2,1H3,(H2,10,11,12,13). The molecule has 0 spiro atoms. The topological polar surface area (TPSA) is 73.9 Å². The minimum absolute atomic E-state index is 0.141. The van der Waals surface area contributed by atoms with E-state index in [2.05, 4.69) is 21.9 Å². The third kappa shape index (κ3) is 3.33. The van der Waals surface area contributed by atoms with E-state index < -0.39 is 0 Å². The number of nitrogens with zero attached hydrogens (tertiary/aromatic N) is 3. The van der Waals surface area contributed by atoms with Crippen LogP contribution in [0, 0.1) is 0 Å². The first kappa shape index (κ1) is 11.0. The number of unbranched alkanes of at least 4 members (excludes halogenated alkanes) is 1. The van der Waals surface area contributed by atoms with Gasteiger partial charge >= 0.3 is 6.01 Å². The Balaban J connectivity index is 2.62. The van der Waals surface area contributed by atoms with Crippen molar-refractivity contribution in [3.63, 3.8) is 0 Å². The van der Waals surface area contributed by atoms with E-state index in [-0.39, 0.29) is 17.8 Å². The molecule has 0 unspecified atom stereocenters. The minimum Gasteiger partial charge on any atom is -0.463 e. The molecule has 1 aromatic rings. The maximum absolute atomic E-state index is 5.57. The van der Waals surface area contributed by atoms with Gasteiger partial charge in [0.1, 0.15) is 0 Å². The summed E-state index contributed by atoms with van der Waals surface area (Å²) in [6.45, 7) is 2.66. The van der Waals surface area contributed by atoms with Crippen LogP contribution in [-0.2, 0) is 5.88 Å². The summed E-state index contributed by atoms with van der Waals surface area (Å²) in [4.78, 5) is 11.6. The van der Waals surface area contributed by atoms with Gasteiger partial charge in [-0.05, 0) is 6.42 Å². The fraction of sp³-hybridized carbons (Fsp3) is 0.625. The molecule has 0 aromatic carbocycles. The summed E-state index contributed by atoms with van der Waals surface area (Å²) >= 11 is 5.57. The van der Waals surface area contributed by atoms with Crippen LogP contribution >= 0.6 is 11.6 Å². The normalized spacial score (nSPS) is 10.1. The number of rotatable bonds is 5. The summed E-state index contributed by atoms with van der Waals surface area (Å²) < 4.78 is 5.27. The van der Waals surface area contributed by atoms with Crippen molar-refractivity contribution in [2.24, 2.45) is 0 Å². The monoisotopic (exact) mass is 216 g/mol. The van der Waals surface area contributed by atoms with E-state index in [0.717, 1.165) is 12.8 Å². The molecular formula is C8H13ClN4O. The molecular weight excluding hydrogens is 204 g/mol. The van der Waals surface area contributed by atoms with Gasteiger partial charge in [0.25, 0.3) is 0 Å². The van der Waals surface area contributed by atoms with E-state index in [9.17, 15) is 0 Å². The number of halogens is 1. The smallest absolute Gasteiger partial charge is 0.321 e. The number of nitrogen functional groups attached to an aromatic ring is 1. The minimum atomic E-state index is 0.141. The van der Waals surface area contributed by atoms with Crippen molar-refractivity contribution in [2.75, 3.05) is 12.3 Å². The maximum Gasteiger partial charge on any atom is 0.321 e.